The van der Waals surface area contributed by atoms with Gasteiger partial charge in [0.2, 0.25) is 5.91 Å². The molecule has 1 aromatic carbocycles. The van der Waals surface area contributed by atoms with Crippen LogP contribution >= 0.6 is 11.3 Å². The van der Waals surface area contributed by atoms with Gasteiger partial charge in [-0.2, -0.15) is 0 Å². The third kappa shape index (κ3) is 5.85. The number of hydrogen-bond donors (Lipinski definition) is 1. The molecule has 0 spiro atoms. The summed E-state index contributed by atoms with van der Waals surface area (Å²) in [7, 11) is 1.67. The molecule has 0 unspecified atom stereocenters. The van der Waals surface area contributed by atoms with Gasteiger partial charge in [0.15, 0.2) is 0 Å². The van der Waals surface area contributed by atoms with Crippen molar-refractivity contribution >= 4 is 17.2 Å². The number of nitrogens with zero attached hydrogens (tertiary/aromatic N) is 1. The fraction of sp³-hybridized carbons (Fsp3) is 0.412. The molecular weight excluding hydrogens is 296 g/mol. The zero-order chi connectivity index (χ0) is 15.6. The number of thiazole rings is 1. The van der Waals surface area contributed by atoms with Crippen molar-refractivity contribution in [2.24, 2.45) is 0 Å². The van der Waals surface area contributed by atoms with E-state index in [1.165, 1.54) is 5.56 Å². The summed E-state index contributed by atoms with van der Waals surface area (Å²) in [6.45, 7) is 0.668. The molecule has 0 fully saturated rings. The van der Waals surface area contributed by atoms with Crippen molar-refractivity contribution in [1.82, 2.24) is 10.3 Å². The second kappa shape index (κ2) is 9.20. The van der Waals surface area contributed by atoms with Crippen LogP contribution in [0.2, 0.25) is 0 Å². The van der Waals surface area contributed by atoms with Crippen LogP contribution in [0.5, 0.6) is 5.75 Å². The summed E-state index contributed by atoms with van der Waals surface area (Å²) >= 11 is 1.58. The molecule has 1 N–H and O–H groups in total. The Balaban J connectivity index is 1.54. The highest BCUT2D eigenvalue weighted by molar-refractivity contribution is 7.07. The molecule has 1 amide bonds. The van der Waals surface area contributed by atoms with Gasteiger partial charge in [-0.3, -0.25) is 4.79 Å². The highest BCUT2D eigenvalue weighted by atomic mass is 32.1. The van der Waals surface area contributed by atoms with Crippen LogP contribution in [-0.2, 0) is 17.6 Å². The Hall–Kier alpha value is -1.88. The zero-order valence-electron chi connectivity index (χ0n) is 12.9. The van der Waals surface area contributed by atoms with Gasteiger partial charge in [-0.15, -0.1) is 11.3 Å². The highest BCUT2D eigenvalue weighted by Gasteiger charge is 2.02. The van der Waals surface area contributed by atoms with Gasteiger partial charge in [-0.25, -0.2) is 4.98 Å². The van der Waals surface area contributed by atoms with Crippen molar-refractivity contribution in [3.63, 3.8) is 0 Å². The minimum atomic E-state index is 0.130. The first kappa shape index (κ1) is 16.5. The maximum Gasteiger partial charge on any atom is 0.220 e. The molecule has 1 aromatic heterocycles. The number of amides is 1. The fourth-order valence-electron chi connectivity index (χ4n) is 2.19. The molecule has 0 bridgehead atoms. The van der Waals surface area contributed by atoms with E-state index in [9.17, 15) is 4.79 Å². The van der Waals surface area contributed by atoms with Gasteiger partial charge in [0.1, 0.15) is 5.75 Å². The molecule has 4 nitrogen and oxygen atoms in total. The number of carbonyl (C=O) groups excluding carboxylic acids is 1. The van der Waals surface area contributed by atoms with E-state index in [-0.39, 0.29) is 5.91 Å². The van der Waals surface area contributed by atoms with Crippen molar-refractivity contribution < 1.29 is 9.53 Å². The second-order valence-electron chi connectivity index (χ2n) is 5.13. The van der Waals surface area contributed by atoms with Gasteiger partial charge in [-0.05, 0) is 37.0 Å². The van der Waals surface area contributed by atoms with E-state index in [0.717, 1.165) is 37.1 Å². The maximum atomic E-state index is 11.7. The van der Waals surface area contributed by atoms with E-state index in [0.29, 0.717) is 13.0 Å². The lowest BCUT2D eigenvalue weighted by Crippen LogP contribution is -2.25. The van der Waals surface area contributed by atoms with Crippen LogP contribution in [0.15, 0.2) is 35.2 Å². The van der Waals surface area contributed by atoms with Crippen LogP contribution in [0, 0.1) is 0 Å². The van der Waals surface area contributed by atoms with Crippen LogP contribution in [0.4, 0.5) is 0 Å². The Bertz CT molecular complexity index is 553. The first-order valence-corrected chi connectivity index (χ1v) is 8.49. The van der Waals surface area contributed by atoms with Crippen LogP contribution in [0.25, 0.3) is 0 Å². The topological polar surface area (TPSA) is 51.2 Å². The van der Waals surface area contributed by atoms with E-state index >= 15 is 0 Å². The lowest BCUT2D eigenvalue weighted by atomic mass is 10.1. The van der Waals surface area contributed by atoms with Crippen molar-refractivity contribution in [2.75, 3.05) is 13.7 Å². The third-order valence-corrected chi connectivity index (χ3v) is 4.10. The summed E-state index contributed by atoms with van der Waals surface area (Å²) in [5, 5.41) is 4.96. The lowest BCUT2D eigenvalue weighted by molar-refractivity contribution is -0.121. The highest BCUT2D eigenvalue weighted by Crippen LogP contribution is 2.13. The summed E-state index contributed by atoms with van der Waals surface area (Å²) in [4.78, 5) is 15.9. The Morgan fingerprint density at radius 3 is 2.73 bits per heavy atom. The molecule has 0 saturated heterocycles. The first-order valence-electron chi connectivity index (χ1n) is 7.54. The van der Waals surface area contributed by atoms with E-state index in [1.807, 2.05) is 23.0 Å². The Morgan fingerprint density at radius 2 is 2.05 bits per heavy atom. The van der Waals surface area contributed by atoms with E-state index < -0.39 is 0 Å². The van der Waals surface area contributed by atoms with Crippen LogP contribution in [0.3, 0.4) is 0 Å². The van der Waals surface area contributed by atoms with Crippen molar-refractivity contribution in [1.29, 1.82) is 0 Å². The second-order valence-corrected chi connectivity index (χ2v) is 5.85. The quantitative estimate of drug-likeness (QED) is 0.722. The third-order valence-electron chi connectivity index (χ3n) is 3.47. The number of carbonyl (C=O) groups is 1. The number of unbranched alkanes of at least 4 members (excludes halogenated alkanes) is 1. The molecule has 22 heavy (non-hydrogen) atoms. The minimum absolute atomic E-state index is 0.130. The number of benzene rings is 1. The van der Waals surface area contributed by atoms with Crippen molar-refractivity contribution in [3.8, 4) is 5.75 Å². The number of aryl methyl sites for hydroxylation is 1. The zero-order valence-corrected chi connectivity index (χ0v) is 13.7. The molecule has 0 saturated carbocycles. The number of ether oxygens (including phenoxy) is 1. The van der Waals surface area contributed by atoms with Crippen LogP contribution in [-0.4, -0.2) is 24.5 Å². The van der Waals surface area contributed by atoms with Crippen LogP contribution in [0.1, 0.15) is 30.5 Å². The van der Waals surface area contributed by atoms with Gasteiger partial charge in [-0.1, -0.05) is 12.1 Å². The van der Waals surface area contributed by atoms with Crippen molar-refractivity contribution in [2.45, 2.75) is 32.1 Å². The number of hydrogen-bond acceptors (Lipinski definition) is 4. The Kier molecular flexibility index (Phi) is 6.90. The summed E-state index contributed by atoms with van der Waals surface area (Å²) < 4.78 is 5.13. The molecule has 0 aliphatic heterocycles. The molecule has 2 rings (SSSR count). The molecule has 0 radical (unpaired) electrons. The molecule has 0 aliphatic rings. The summed E-state index contributed by atoms with van der Waals surface area (Å²) in [5.41, 5.74) is 4.14. The van der Waals surface area contributed by atoms with E-state index in [4.69, 9.17) is 4.74 Å². The predicted octanol–water partition coefficient (Wildman–Crippen LogP) is 3.22. The lowest BCUT2D eigenvalue weighted by Gasteiger charge is -2.05. The Morgan fingerprint density at radius 1 is 1.23 bits per heavy atom. The Labute approximate surface area is 135 Å². The average molecular weight is 318 g/mol. The largest absolute Gasteiger partial charge is 0.497 e. The van der Waals surface area contributed by atoms with E-state index in [2.05, 4.69) is 22.4 Å². The number of rotatable bonds is 9. The summed E-state index contributed by atoms with van der Waals surface area (Å²) in [5.74, 6) is 1.01. The summed E-state index contributed by atoms with van der Waals surface area (Å²) in [6.07, 6.45) is 4.32. The molecule has 0 atom stereocenters. The monoisotopic (exact) mass is 318 g/mol. The van der Waals surface area contributed by atoms with Gasteiger partial charge in [0.05, 0.1) is 18.3 Å². The van der Waals surface area contributed by atoms with Gasteiger partial charge in [0.25, 0.3) is 0 Å². The SMILES string of the molecule is COc1ccc(CCCCC(=O)NCCc2cscn2)cc1. The first-order chi connectivity index (χ1) is 10.8. The molecular formula is C17H22N2O2S. The van der Waals surface area contributed by atoms with Crippen molar-refractivity contribution in [3.05, 3.63) is 46.4 Å². The summed E-state index contributed by atoms with van der Waals surface area (Å²) in [6, 6.07) is 8.10. The van der Waals surface area contributed by atoms with Crippen LogP contribution < -0.4 is 10.1 Å². The molecule has 118 valence electrons. The normalized spacial score (nSPS) is 10.4. The standard InChI is InChI=1S/C17H22N2O2S/c1-21-16-8-6-14(7-9-16)4-2-3-5-17(20)18-11-10-15-12-22-13-19-15/h6-9,12-13H,2-5,10-11H2,1H3,(H,18,20). The van der Waals surface area contributed by atoms with E-state index in [1.54, 1.807) is 18.4 Å². The molecule has 0 aliphatic carbocycles. The predicted molar refractivity (Wildman–Crippen MR) is 89.4 cm³/mol. The van der Waals surface area contributed by atoms with Gasteiger partial charge < -0.3 is 10.1 Å². The minimum Gasteiger partial charge on any atom is -0.497 e. The van der Waals surface area contributed by atoms with Gasteiger partial charge >= 0.3 is 0 Å². The fourth-order valence-corrected chi connectivity index (χ4v) is 2.78. The smallest absolute Gasteiger partial charge is 0.220 e. The average Bonchev–Trinajstić information content (AvgIpc) is 3.05. The number of aromatic nitrogens is 1. The molecule has 1 heterocycles. The number of nitrogens with one attached hydrogen (secondary N) is 1. The molecule has 5 heteroatoms. The maximum absolute atomic E-state index is 11.7. The number of methoxy groups -OCH3 is 1. The van der Waals surface area contributed by atoms with Gasteiger partial charge in [0, 0.05) is 24.8 Å². The molecule has 2 aromatic rings.